The maximum atomic E-state index is 14.0. The van der Waals surface area contributed by atoms with Crippen LogP contribution in [0.15, 0.2) is 42.9 Å². The van der Waals surface area contributed by atoms with Crippen LogP contribution in [0.3, 0.4) is 0 Å². The molecule has 236 valence electrons. The molecule has 11 heteroatoms. The molecule has 0 spiro atoms. The second kappa shape index (κ2) is 14.2. The van der Waals surface area contributed by atoms with E-state index in [1.54, 1.807) is 18.6 Å². The summed E-state index contributed by atoms with van der Waals surface area (Å²) in [6.07, 6.45) is 8.39. The molecule has 2 aliphatic rings. The van der Waals surface area contributed by atoms with Crippen LogP contribution < -0.4 is 16.0 Å². The van der Waals surface area contributed by atoms with Crippen molar-refractivity contribution in [1.82, 2.24) is 30.3 Å². The van der Waals surface area contributed by atoms with E-state index in [9.17, 15) is 14.4 Å². The average Bonchev–Trinajstić information content (AvgIpc) is 3.50. The van der Waals surface area contributed by atoms with Crippen molar-refractivity contribution in [1.29, 1.82) is 0 Å². The van der Waals surface area contributed by atoms with Gasteiger partial charge in [-0.25, -0.2) is 0 Å². The lowest BCUT2D eigenvalue weighted by molar-refractivity contribution is -0.138. The number of rotatable bonds is 10. The normalized spacial score (nSPS) is 17.6. The lowest BCUT2D eigenvalue weighted by atomic mass is 9.89. The SMILES string of the molecule is Cc1cc(C[C@@H](N)C(=O)N[C@@H](CC2CCN(C(=O)CC(C)C)CC2)C(=O)N2CCN(c3ccncc3)CC2)cc2cn[nH]c12. The van der Waals surface area contributed by atoms with E-state index < -0.39 is 12.1 Å². The number of piperazine rings is 1. The van der Waals surface area contributed by atoms with Gasteiger partial charge in [-0.1, -0.05) is 19.9 Å². The van der Waals surface area contributed by atoms with Crippen molar-refractivity contribution in [2.24, 2.45) is 17.6 Å². The molecule has 0 aliphatic carbocycles. The van der Waals surface area contributed by atoms with Gasteiger partial charge in [0.25, 0.3) is 0 Å². The maximum absolute atomic E-state index is 14.0. The van der Waals surface area contributed by atoms with E-state index in [2.05, 4.69) is 39.2 Å². The number of hydrogen-bond acceptors (Lipinski definition) is 7. The van der Waals surface area contributed by atoms with Crippen LogP contribution in [-0.2, 0) is 20.8 Å². The van der Waals surface area contributed by atoms with E-state index in [1.165, 1.54) is 0 Å². The highest BCUT2D eigenvalue weighted by Gasteiger charge is 2.33. The van der Waals surface area contributed by atoms with Crippen LogP contribution in [0.2, 0.25) is 0 Å². The molecule has 0 radical (unpaired) electrons. The van der Waals surface area contributed by atoms with Gasteiger partial charge >= 0.3 is 0 Å². The van der Waals surface area contributed by atoms with Gasteiger partial charge < -0.3 is 25.8 Å². The molecule has 1 aromatic carbocycles. The molecular weight excluding hydrogens is 556 g/mol. The first kappa shape index (κ1) is 31.4. The molecule has 4 heterocycles. The molecule has 2 aliphatic heterocycles. The number of carbonyl (C=O) groups is 3. The fourth-order valence-corrected chi connectivity index (χ4v) is 6.47. The third kappa shape index (κ3) is 7.74. The summed E-state index contributed by atoms with van der Waals surface area (Å²) in [5, 5.41) is 11.1. The number of amides is 3. The summed E-state index contributed by atoms with van der Waals surface area (Å²) >= 11 is 0. The molecule has 2 aromatic heterocycles. The zero-order valence-corrected chi connectivity index (χ0v) is 26.2. The fraction of sp³-hybridized carbons (Fsp3) is 0.545. The van der Waals surface area contributed by atoms with Gasteiger partial charge in [0.05, 0.1) is 17.8 Å². The molecule has 0 bridgehead atoms. The molecule has 0 saturated carbocycles. The summed E-state index contributed by atoms with van der Waals surface area (Å²) in [6, 6.07) is 6.51. The first-order valence-corrected chi connectivity index (χ1v) is 15.9. The quantitative estimate of drug-likeness (QED) is 0.324. The first-order valence-electron chi connectivity index (χ1n) is 15.9. The van der Waals surface area contributed by atoms with Gasteiger partial charge in [-0.05, 0) is 73.8 Å². The van der Waals surface area contributed by atoms with Crippen molar-refractivity contribution in [3.05, 3.63) is 54.0 Å². The minimum absolute atomic E-state index is 0.0612. The highest BCUT2D eigenvalue weighted by Crippen LogP contribution is 2.25. The summed E-state index contributed by atoms with van der Waals surface area (Å²) in [5.74, 6) is 0.363. The molecule has 11 nitrogen and oxygen atoms in total. The van der Waals surface area contributed by atoms with Crippen LogP contribution in [-0.4, -0.2) is 94.1 Å². The number of piperidine rings is 1. The molecule has 4 N–H and O–H groups in total. The number of anilines is 1. The van der Waals surface area contributed by atoms with Crippen molar-refractivity contribution in [2.75, 3.05) is 44.2 Å². The van der Waals surface area contributed by atoms with E-state index >= 15 is 0 Å². The van der Waals surface area contributed by atoms with Crippen LogP contribution in [0, 0.1) is 18.8 Å². The number of H-pyrrole nitrogens is 1. The number of aryl methyl sites for hydroxylation is 1. The van der Waals surface area contributed by atoms with Gasteiger partial charge in [0.15, 0.2) is 0 Å². The zero-order chi connectivity index (χ0) is 31.2. The monoisotopic (exact) mass is 602 g/mol. The Morgan fingerprint density at radius 2 is 1.73 bits per heavy atom. The third-order valence-electron chi connectivity index (χ3n) is 8.95. The predicted octanol–water partition coefficient (Wildman–Crippen LogP) is 2.64. The van der Waals surface area contributed by atoms with E-state index in [-0.39, 0.29) is 23.6 Å². The average molecular weight is 603 g/mol. The Morgan fingerprint density at radius 1 is 1.02 bits per heavy atom. The molecule has 2 fully saturated rings. The maximum Gasteiger partial charge on any atom is 0.245 e. The third-order valence-corrected chi connectivity index (χ3v) is 8.95. The number of likely N-dealkylation sites (tertiary alicyclic amines) is 1. The van der Waals surface area contributed by atoms with Crippen molar-refractivity contribution in [2.45, 2.75) is 65.0 Å². The number of aromatic nitrogens is 3. The first-order chi connectivity index (χ1) is 21.2. The number of nitrogens with one attached hydrogen (secondary N) is 2. The summed E-state index contributed by atoms with van der Waals surface area (Å²) in [6.45, 7) is 10.1. The zero-order valence-electron chi connectivity index (χ0n) is 26.2. The van der Waals surface area contributed by atoms with Gasteiger partial charge in [-0.15, -0.1) is 0 Å². The second-order valence-corrected chi connectivity index (χ2v) is 12.8. The molecular formula is C33H46N8O3. The fourth-order valence-electron chi connectivity index (χ4n) is 6.47. The van der Waals surface area contributed by atoms with E-state index in [1.807, 2.05) is 41.0 Å². The Bertz CT molecular complexity index is 1430. The van der Waals surface area contributed by atoms with Gasteiger partial charge in [0.2, 0.25) is 17.7 Å². The standard InChI is InChI=1S/C33H46N8O3/c1-22(2)16-30(42)40-10-6-24(7-11-40)20-29(33(44)41-14-12-39(13-15-41)27-4-8-35-9-5-27)37-32(43)28(34)19-25-17-23(3)31-26(18-25)21-36-38-31/h4-5,8-9,17-18,21-22,24,28-29H,6-7,10-16,19-20,34H2,1-3H3,(H,36,38)(H,37,43)/t28-,29+/m1/s1. The smallest absolute Gasteiger partial charge is 0.245 e. The molecule has 5 rings (SSSR count). The number of carbonyl (C=O) groups excluding carboxylic acids is 3. The van der Waals surface area contributed by atoms with E-state index in [0.29, 0.717) is 64.4 Å². The number of nitrogens with two attached hydrogens (primary N) is 1. The Hall–Kier alpha value is -3.99. The minimum Gasteiger partial charge on any atom is -0.368 e. The highest BCUT2D eigenvalue weighted by molar-refractivity contribution is 5.90. The van der Waals surface area contributed by atoms with Crippen LogP contribution >= 0.6 is 0 Å². The highest BCUT2D eigenvalue weighted by atomic mass is 16.2. The number of pyridine rings is 1. The topological polar surface area (TPSA) is 141 Å². The summed E-state index contributed by atoms with van der Waals surface area (Å²) in [5.41, 5.74) is 10.5. The molecule has 3 aromatic rings. The Morgan fingerprint density at radius 3 is 2.41 bits per heavy atom. The Balaban J connectivity index is 1.23. The second-order valence-electron chi connectivity index (χ2n) is 12.8. The largest absolute Gasteiger partial charge is 0.368 e. The summed E-state index contributed by atoms with van der Waals surface area (Å²) in [4.78, 5) is 50.2. The predicted molar refractivity (Wildman–Crippen MR) is 171 cm³/mol. The molecule has 0 unspecified atom stereocenters. The molecule has 3 amide bonds. The van der Waals surface area contributed by atoms with Crippen LogP contribution in [0.4, 0.5) is 5.69 Å². The van der Waals surface area contributed by atoms with Gasteiger partial charge in [-0.3, -0.25) is 24.5 Å². The Kier molecular flexibility index (Phi) is 10.1. The number of aromatic amines is 1. The number of benzene rings is 1. The van der Waals surface area contributed by atoms with Crippen molar-refractivity contribution >= 4 is 34.3 Å². The van der Waals surface area contributed by atoms with E-state index in [4.69, 9.17) is 5.73 Å². The lowest BCUT2D eigenvalue weighted by Gasteiger charge is -2.39. The lowest BCUT2D eigenvalue weighted by Crippen LogP contribution is -2.57. The van der Waals surface area contributed by atoms with Crippen molar-refractivity contribution in [3.63, 3.8) is 0 Å². The number of hydrogen-bond donors (Lipinski definition) is 3. The van der Waals surface area contributed by atoms with Gasteiger partial charge in [0.1, 0.15) is 6.04 Å². The van der Waals surface area contributed by atoms with Gasteiger partial charge in [0, 0.05) is 69.2 Å². The molecule has 44 heavy (non-hydrogen) atoms. The Labute approximate surface area is 259 Å². The summed E-state index contributed by atoms with van der Waals surface area (Å²) < 4.78 is 0. The minimum atomic E-state index is -0.798. The van der Waals surface area contributed by atoms with Crippen LogP contribution in [0.25, 0.3) is 10.9 Å². The van der Waals surface area contributed by atoms with Gasteiger partial charge in [-0.2, -0.15) is 5.10 Å². The van der Waals surface area contributed by atoms with E-state index in [0.717, 1.165) is 40.6 Å². The van der Waals surface area contributed by atoms with Crippen LogP contribution in [0.1, 0.15) is 50.7 Å². The van der Waals surface area contributed by atoms with Crippen molar-refractivity contribution in [3.8, 4) is 0 Å². The molecule has 2 atom stereocenters. The summed E-state index contributed by atoms with van der Waals surface area (Å²) in [7, 11) is 0. The van der Waals surface area contributed by atoms with Crippen molar-refractivity contribution < 1.29 is 14.4 Å². The van der Waals surface area contributed by atoms with Crippen LogP contribution in [0.5, 0.6) is 0 Å². The molecule has 2 saturated heterocycles. The number of fused-ring (bicyclic) bond motifs is 1. The number of nitrogens with zero attached hydrogens (tertiary/aromatic N) is 5.